The maximum atomic E-state index is 6.35. The van der Waals surface area contributed by atoms with E-state index < -0.39 is 0 Å². The van der Waals surface area contributed by atoms with Crippen LogP contribution in [0.1, 0.15) is 78.6 Å². The molecule has 0 radical (unpaired) electrons. The van der Waals surface area contributed by atoms with Crippen LogP contribution in [0.3, 0.4) is 0 Å². The second-order valence-electron chi connectivity index (χ2n) is 6.96. The Morgan fingerprint density at radius 1 is 1.24 bits per heavy atom. The zero-order valence-corrected chi connectivity index (χ0v) is 14.2. The molecule has 2 saturated heterocycles. The fourth-order valence-corrected chi connectivity index (χ4v) is 3.95. The lowest BCUT2D eigenvalue weighted by atomic mass is 9.38. The standard InChI is InChI=1S/C19H31BO/c1-4-5-6-7-10-16(2)15-17(3)21-20-18-11-8-12-19(20)14-9-13-18/h15-16,18-19H,4-6,8-9,11-14H2,1-3H3. The summed E-state index contributed by atoms with van der Waals surface area (Å²) in [7, 11) is 0. The van der Waals surface area contributed by atoms with Gasteiger partial charge in [0, 0.05) is 12.3 Å². The van der Waals surface area contributed by atoms with Gasteiger partial charge in [-0.25, -0.2) is 0 Å². The van der Waals surface area contributed by atoms with Gasteiger partial charge < -0.3 is 4.65 Å². The molecule has 116 valence electrons. The Morgan fingerprint density at radius 2 is 1.86 bits per heavy atom. The van der Waals surface area contributed by atoms with E-state index in [-0.39, 0.29) is 0 Å². The third-order valence-electron chi connectivity index (χ3n) is 5.02. The summed E-state index contributed by atoms with van der Waals surface area (Å²) >= 11 is 0. The Bertz CT molecular complexity index is 382. The van der Waals surface area contributed by atoms with Crippen molar-refractivity contribution < 1.29 is 4.65 Å². The van der Waals surface area contributed by atoms with Crippen molar-refractivity contribution in [3.63, 3.8) is 0 Å². The second kappa shape index (κ2) is 8.57. The van der Waals surface area contributed by atoms with E-state index in [2.05, 4.69) is 38.7 Å². The maximum absolute atomic E-state index is 6.35. The largest absolute Gasteiger partial charge is 0.563 e. The smallest absolute Gasteiger partial charge is 0.363 e. The van der Waals surface area contributed by atoms with E-state index in [4.69, 9.17) is 4.65 Å². The first-order valence-electron chi connectivity index (χ1n) is 9.04. The molecule has 0 aliphatic carbocycles. The minimum Gasteiger partial charge on any atom is -0.563 e. The van der Waals surface area contributed by atoms with Crippen LogP contribution >= 0.6 is 0 Å². The quantitative estimate of drug-likeness (QED) is 0.267. The second-order valence-corrected chi connectivity index (χ2v) is 6.96. The molecule has 2 heterocycles. The molecular weight excluding hydrogens is 255 g/mol. The van der Waals surface area contributed by atoms with Gasteiger partial charge in [-0.05, 0) is 38.0 Å². The molecule has 2 heteroatoms. The molecule has 0 aromatic carbocycles. The molecule has 2 aliphatic heterocycles. The first kappa shape index (κ1) is 16.5. The summed E-state index contributed by atoms with van der Waals surface area (Å²) in [5.41, 5.74) is 0. The van der Waals surface area contributed by atoms with Crippen molar-refractivity contribution >= 4 is 6.92 Å². The average Bonchev–Trinajstić information content (AvgIpc) is 2.43. The lowest BCUT2D eigenvalue weighted by Crippen LogP contribution is -2.36. The fraction of sp³-hybridized carbons (Fsp3) is 0.789. The van der Waals surface area contributed by atoms with Gasteiger partial charge >= 0.3 is 6.92 Å². The zero-order valence-electron chi connectivity index (χ0n) is 14.2. The van der Waals surface area contributed by atoms with Crippen LogP contribution in [0.25, 0.3) is 0 Å². The summed E-state index contributed by atoms with van der Waals surface area (Å²) in [6.07, 6.45) is 14.0. The van der Waals surface area contributed by atoms with Gasteiger partial charge in [-0.1, -0.05) is 57.8 Å². The Balaban J connectivity index is 1.85. The van der Waals surface area contributed by atoms with Crippen LogP contribution in [0.15, 0.2) is 11.8 Å². The van der Waals surface area contributed by atoms with Crippen molar-refractivity contribution in [2.24, 2.45) is 5.92 Å². The van der Waals surface area contributed by atoms with E-state index in [0.717, 1.165) is 23.8 Å². The van der Waals surface area contributed by atoms with E-state index >= 15 is 0 Å². The summed E-state index contributed by atoms with van der Waals surface area (Å²) in [4.78, 5) is 0. The monoisotopic (exact) mass is 286 g/mol. The molecule has 0 spiro atoms. The third kappa shape index (κ3) is 5.13. The molecule has 0 amide bonds. The van der Waals surface area contributed by atoms with Crippen LogP contribution in [-0.2, 0) is 4.65 Å². The first-order valence-corrected chi connectivity index (χ1v) is 9.04. The zero-order chi connectivity index (χ0) is 15.1. The highest BCUT2D eigenvalue weighted by molar-refractivity contribution is 6.56. The molecule has 2 fully saturated rings. The molecule has 0 aromatic rings. The van der Waals surface area contributed by atoms with Gasteiger partial charge in [0.1, 0.15) is 0 Å². The number of hydrogen-bond donors (Lipinski definition) is 0. The highest BCUT2D eigenvalue weighted by Crippen LogP contribution is 2.47. The minimum atomic E-state index is 0.310. The van der Waals surface area contributed by atoms with Crippen molar-refractivity contribution in [3.8, 4) is 11.8 Å². The van der Waals surface area contributed by atoms with Gasteiger partial charge in [0.05, 0.1) is 5.76 Å². The lowest BCUT2D eigenvalue weighted by Gasteiger charge is -2.39. The van der Waals surface area contributed by atoms with Crippen LogP contribution < -0.4 is 0 Å². The van der Waals surface area contributed by atoms with E-state index in [0.29, 0.717) is 12.8 Å². The Labute approximate surface area is 132 Å². The highest BCUT2D eigenvalue weighted by Gasteiger charge is 2.42. The maximum Gasteiger partial charge on any atom is 0.363 e. The molecule has 1 nitrogen and oxygen atoms in total. The Morgan fingerprint density at radius 3 is 2.43 bits per heavy atom. The number of hydrogen-bond acceptors (Lipinski definition) is 1. The number of rotatable bonds is 5. The van der Waals surface area contributed by atoms with Gasteiger partial charge in [-0.3, -0.25) is 0 Å². The van der Waals surface area contributed by atoms with E-state index in [1.165, 1.54) is 51.4 Å². The van der Waals surface area contributed by atoms with E-state index in [1.54, 1.807) is 0 Å². The molecule has 1 atom stereocenters. The molecule has 0 N–H and O–H groups in total. The SMILES string of the molecule is CCCCC#CC(C)C=C(C)OB1C2CCCC1CCC2. The van der Waals surface area contributed by atoms with Gasteiger partial charge in [0.2, 0.25) is 0 Å². The topological polar surface area (TPSA) is 9.23 Å². The molecule has 1 unspecified atom stereocenters. The normalized spacial score (nSPS) is 26.8. The average molecular weight is 286 g/mol. The van der Waals surface area contributed by atoms with Crippen molar-refractivity contribution in [3.05, 3.63) is 11.8 Å². The molecule has 21 heavy (non-hydrogen) atoms. The third-order valence-corrected chi connectivity index (χ3v) is 5.02. The first-order chi connectivity index (χ1) is 10.2. The van der Waals surface area contributed by atoms with Crippen LogP contribution in [0.5, 0.6) is 0 Å². The highest BCUT2D eigenvalue weighted by atomic mass is 16.4. The van der Waals surface area contributed by atoms with Crippen molar-refractivity contribution in [1.29, 1.82) is 0 Å². The van der Waals surface area contributed by atoms with E-state index in [9.17, 15) is 0 Å². The summed E-state index contributed by atoms with van der Waals surface area (Å²) in [5.74, 6) is 9.64. The van der Waals surface area contributed by atoms with Gasteiger partial charge in [0.15, 0.2) is 0 Å². The predicted octanol–water partition coefficient (Wildman–Crippen LogP) is 5.84. The minimum absolute atomic E-state index is 0.310. The summed E-state index contributed by atoms with van der Waals surface area (Å²) in [5, 5.41) is 0. The lowest BCUT2D eigenvalue weighted by molar-refractivity contribution is 0.332. The molecule has 0 saturated carbocycles. The van der Waals surface area contributed by atoms with Crippen LogP contribution in [0.4, 0.5) is 0 Å². The van der Waals surface area contributed by atoms with Crippen molar-refractivity contribution in [2.75, 3.05) is 0 Å². The fourth-order valence-electron chi connectivity index (χ4n) is 3.95. The molecular formula is C19H31BO. The Hall–Kier alpha value is -0.835. The molecule has 0 aromatic heterocycles. The van der Waals surface area contributed by atoms with Crippen LogP contribution in [0.2, 0.25) is 11.6 Å². The van der Waals surface area contributed by atoms with Crippen molar-refractivity contribution in [1.82, 2.24) is 0 Å². The summed E-state index contributed by atoms with van der Waals surface area (Å²) < 4.78 is 6.35. The molecule has 2 rings (SSSR count). The van der Waals surface area contributed by atoms with Crippen LogP contribution in [0, 0.1) is 17.8 Å². The summed E-state index contributed by atoms with van der Waals surface area (Å²) in [6.45, 7) is 7.00. The van der Waals surface area contributed by atoms with E-state index in [1.807, 2.05) is 0 Å². The van der Waals surface area contributed by atoms with Gasteiger partial charge in [0.25, 0.3) is 0 Å². The summed E-state index contributed by atoms with van der Waals surface area (Å²) in [6, 6.07) is 0. The predicted molar refractivity (Wildman–Crippen MR) is 92.3 cm³/mol. The molecule has 2 bridgehead atoms. The Kier molecular flexibility index (Phi) is 6.75. The molecule has 2 aliphatic rings. The number of unbranched alkanes of at least 4 members (excludes halogenated alkanes) is 2. The number of fused-ring (bicyclic) bond motifs is 2. The number of allylic oxidation sites excluding steroid dienone is 2. The van der Waals surface area contributed by atoms with Gasteiger partial charge in [-0.15, -0.1) is 5.92 Å². The van der Waals surface area contributed by atoms with Crippen LogP contribution in [-0.4, -0.2) is 6.92 Å². The van der Waals surface area contributed by atoms with Gasteiger partial charge in [-0.2, -0.15) is 0 Å². The van der Waals surface area contributed by atoms with Crippen molar-refractivity contribution in [2.45, 2.75) is 90.2 Å².